The normalized spacial score (nSPS) is 11.1. The number of pyridine rings is 1. The summed E-state index contributed by atoms with van der Waals surface area (Å²) in [5.74, 6) is 0.879. The van der Waals surface area contributed by atoms with E-state index in [0.717, 1.165) is 23.6 Å². The van der Waals surface area contributed by atoms with Gasteiger partial charge in [-0.25, -0.2) is 4.98 Å². The van der Waals surface area contributed by atoms with Crippen LogP contribution in [0.1, 0.15) is 43.7 Å². The van der Waals surface area contributed by atoms with E-state index in [1.165, 1.54) is 0 Å². The fourth-order valence-corrected chi connectivity index (χ4v) is 2.86. The Morgan fingerprint density at radius 3 is 2.33 bits per heavy atom. The molecule has 27 heavy (non-hydrogen) atoms. The molecular weight excluding hydrogens is 342 g/mol. The van der Waals surface area contributed by atoms with Crippen LogP contribution in [0, 0.1) is 0 Å². The minimum Gasteiger partial charge on any atom is -0.347 e. The zero-order valence-electron chi connectivity index (χ0n) is 17.5. The van der Waals surface area contributed by atoms with Crippen LogP contribution in [0.2, 0.25) is 0 Å². The molecule has 2 heterocycles. The Morgan fingerprint density at radius 1 is 1.15 bits per heavy atom. The molecule has 0 aliphatic rings. The number of hydrogen-bond acceptors (Lipinski definition) is 4. The Labute approximate surface area is 161 Å². The standard InChI is InChI=1S/C20H31N5O2/c1-8-16-19(24(9-2)13-18(26)22(5)6)25-12-15(10-11-17(25)21-16)20(27)23(7)14(3)4/h10-12,14H,8-9,13H2,1-7H3. The zero-order chi connectivity index (χ0) is 20.3. The van der Waals surface area contributed by atoms with E-state index in [-0.39, 0.29) is 24.4 Å². The molecule has 0 radical (unpaired) electrons. The van der Waals surface area contributed by atoms with Gasteiger partial charge in [0, 0.05) is 39.9 Å². The molecule has 2 aromatic rings. The predicted molar refractivity (Wildman–Crippen MR) is 108 cm³/mol. The van der Waals surface area contributed by atoms with E-state index in [1.54, 1.807) is 30.9 Å². The van der Waals surface area contributed by atoms with Crippen molar-refractivity contribution >= 4 is 23.3 Å². The number of carbonyl (C=O) groups is 2. The van der Waals surface area contributed by atoms with Crippen molar-refractivity contribution < 1.29 is 9.59 Å². The van der Waals surface area contributed by atoms with Crippen molar-refractivity contribution in [2.45, 2.75) is 40.2 Å². The van der Waals surface area contributed by atoms with Crippen LogP contribution in [0.15, 0.2) is 18.3 Å². The summed E-state index contributed by atoms with van der Waals surface area (Å²) in [4.78, 5) is 35.0. The number of anilines is 1. The lowest BCUT2D eigenvalue weighted by Crippen LogP contribution is -2.37. The van der Waals surface area contributed by atoms with Crippen molar-refractivity contribution in [1.82, 2.24) is 19.2 Å². The second-order valence-corrected chi connectivity index (χ2v) is 7.19. The zero-order valence-corrected chi connectivity index (χ0v) is 17.5. The first kappa shape index (κ1) is 20.7. The summed E-state index contributed by atoms with van der Waals surface area (Å²) >= 11 is 0. The highest BCUT2D eigenvalue weighted by molar-refractivity contribution is 5.94. The Bertz CT molecular complexity index is 825. The molecule has 0 bridgehead atoms. The van der Waals surface area contributed by atoms with Crippen LogP contribution >= 0.6 is 0 Å². The number of aryl methyl sites for hydroxylation is 1. The second-order valence-electron chi connectivity index (χ2n) is 7.19. The molecule has 0 saturated heterocycles. The highest BCUT2D eigenvalue weighted by Gasteiger charge is 2.21. The van der Waals surface area contributed by atoms with Crippen molar-refractivity contribution in [3.05, 3.63) is 29.6 Å². The number of nitrogens with zero attached hydrogens (tertiary/aromatic N) is 5. The van der Waals surface area contributed by atoms with E-state index >= 15 is 0 Å². The van der Waals surface area contributed by atoms with Crippen LogP contribution in [-0.4, -0.2) is 71.3 Å². The fraction of sp³-hybridized carbons (Fsp3) is 0.550. The summed E-state index contributed by atoms with van der Waals surface area (Å²) in [5.41, 5.74) is 2.31. The summed E-state index contributed by atoms with van der Waals surface area (Å²) in [6, 6.07) is 3.80. The van der Waals surface area contributed by atoms with E-state index in [2.05, 4.69) is 0 Å². The number of aromatic nitrogens is 2. The van der Waals surface area contributed by atoms with Gasteiger partial charge in [0.05, 0.1) is 17.8 Å². The Kier molecular flexibility index (Phi) is 6.46. The lowest BCUT2D eigenvalue weighted by molar-refractivity contribution is -0.127. The van der Waals surface area contributed by atoms with Crippen LogP contribution in [0.4, 0.5) is 5.82 Å². The molecule has 2 aromatic heterocycles. The topological polar surface area (TPSA) is 61.2 Å². The number of amides is 2. The maximum Gasteiger partial charge on any atom is 0.255 e. The molecule has 148 valence electrons. The molecule has 0 aromatic carbocycles. The first-order valence-electron chi connectivity index (χ1n) is 9.44. The van der Waals surface area contributed by atoms with Crippen LogP contribution in [0.5, 0.6) is 0 Å². The highest BCUT2D eigenvalue weighted by Crippen LogP contribution is 2.24. The number of likely N-dealkylation sites (N-methyl/N-ethyl adjacent to an activating group) is 2. The number of hydrogen-bond donors (Lipinski definition) is 0. The quantitative estimate of drug-likeness (QED) is 0.747. The third kappa shape index (κ3) is 4.23. The average Bonchev–Trinajstić information content (AvgIpc) is 3.01. The van der Waals surface area contributed by atoms with Gasteiger partial charge in [0.2, 0.25) is 5.91 Å². The van der Waals surface area contributed by atoms with Crippen molar-refractivity contribution in [2.24, 2.45) is 0 Å². The van der Waals surface area contributed by atoms with Crippen molar-refractivity contribution in [3.63, 3.8) is 0 Å². The fourth-order valence-electron chi connectivity index (χ4n) is 2.86. The van der Waals surface area contributed by atoms with E-state index < -0.39 is 0 Å². The van der Waals surface area contributed by atoms with Crippen molar-refractivity contribution in [3.8, 4) is 0 Å². The molecule has 0 unspecified atom stereocenters. The third-order valence-electron chi connectivity index (χ3n) is 4.85. The van der Waals surface area contributed by atoms with Gasteiger partial charge in [0.25, 0.3) is 5.91 Å². The van der Waals surface area contributed by atoms with Crippen LogP contribution < -0.4 is 4.90 Å². The van der Waals surface area contributed by atoms with Gasteiger partial charge in [0.15, 0.2) is 0 Å². The van der Waals surface area contributed by atoms with Crippen LogP contribution in [0.3, 0.4) is 0 Å². The Balaban J connectivity index is 2.54. The van der Waals surface area contributed by atoms with Gasteiger partial charge in [0.1, 0.15) is 11.5 Å². The maximum atomic E-state index is 12.7. The Morgan fingerprint density at radius 2 is 1.81 bits per heavy atom. The predicted octanol–water partition coefficient (Wildman–Crippen LogP) is 2.29. The molecule has 0 aliphatic heterocycles. The summed E-state index contributed by atoms with van der Waals surface area (Å²) in [6.45, 7) is 8.98. The Hall–Kier alpha value is -2.57. The smallest absolute Gasteiger partial charge is 0.255 e. The van der Waals surface area contributed by atoms with Crippen molar-refractivity contribution in [1.29, 1.82) is 0 Å². The molecular formula is C20H31N5O2. The first-order valence-corrected chi connectivity index (χ1v) is 9.44. The highest BCUT2D eigenvalue weighted by atomic mass is 16.2. The molecule has 0 saturated carbocycles. The summed E-state index contributed by atoms with van der Waals surface area (Å²) < 4.78 is 1.94. The first-order chi connectivity index (χ1) is 12.7. The maximum absolute atomic E-state index is 12.7. The lowest BCUT2D eigenvalue weighted by atomic mass is 10.2. The number of rotatable bonds is 7. The number of carbonyl (C=O) groups excluding carboxylic acids is 2. The third-order valence-corrected chi connectivity index (χ3v) is 4.85. The van der Waals surface area contributed by atoms with Gasteiger partial charge in [-0.3, -0.25) is 14.0 Å². The molecule has 7 heteroatoms. The summed E-state index contributed by atoms with van der Waals surface area (Å²) in [5, 5.41) is 0. The molecule has 0 aliphatic carbocycles. The number of imidazole rings is 1. The van der Waals surface area contributed by atoms with E-state index in [1.807, 2.05) is 55.3 Å². The monoisotopic (exact) mass is 373 g/mol. The summed E-state index contributed by atoms with van der Waals surface area (Å²) in [6.07, 6.45) is 2.58. The minimum atomic E-state index is -0.0305. The van der Waals surface area contributed by atoms with E-state index in [9.17, 15) is 9.59 Å². The van der Waals surface area contributed by atoms with Gasteiger partial charge in [-0.15, -0.1) is 0 Å². The SMILES string of the molecule is CCc1nc2ccc(C(=O)N(C)C(C)C)cn2c1N(CC)CC(=O)N(C)C. The largest absolute Gasteiger partial charge is 0.347 e. The second kappa shape index (κ2) is 8.41. The molecule has 0 spiro atoms. The van der Waals surface area contributed by atoms with Gasteiger partial charge < -0.3 is 14.7 Å². The molecule has 0 N–H and O–H groups in total. The van der Waals surface area contributed by atoms with Gasteiger partial charge in [-0.1, -0.05) is 6.92 Å². The van der Waals surface area contributed by atoms with Gasteiger partial charge >= 0.3 is 0 Å². The molecule has 2 rings (SSSR count). The molecule has 0 atom stereocenters. The molecule has 2 amide bonds. The van der Waals surface area contributed by atoms with Crippen LogP contribution in [0.25, 0.3) is 5.65 Å². The van der Waals surface area contributed by atoms with E-state index in [0.29, 0.717) is 12.1 Å². The van der Waals surface area contributed by atoms with Crippen molar-refractivity contribution in [2.75, 3.05) is 39.1 Å². The average molecular weight is 374 g/mol. The minimum absolute atomic E-state index is 0.0284. The van der Waals surface area contributed by atoms with Crippen LogP contribution in [-0.2, 0) is 11.2 Å². The lowest BCUT2D eigenvalue weighted by Gasteiger charge is -2.25. The number of fused-ring (bicyclic) bond motifs is 1. The van der Waals surface area contributed by atoms with Gasteiger partial charge in [-0.05, 0) is 39.3 Å². The molecule has 7 nitrogen and oxygen atoms in total. The molecule has 0 fully saturated rings. The van der Waals surface area contributed by atoms with E-state index in [4.69, 9.17) is 4.98 Å². The van der Waals surface area contributed by atoms with Gasteiger partial charge in [-0.2, -0.15) is 0 Å². The summed E-state index contributed by atoms with van der Waals surface area (Å²) in [7, 11) is 5.31.